The van der Waals surface area contributed by atoms with Crippen LogP contribution in [0.4, 0.5) is 4.79 Å². The minimum atomic E-state index is -2.16. The van der Waals surface area contributed by atoms with Gasteiger partial charge in [-0.2, -0.15) is 0 Å². The quantitative estimate of drug-likeness (QED) is 0.162. The van der Waals surface area contributed by atoms with Crippen molar-refractivity contribution in [3.05, 3.63) is 61.2 Å². The van der Waals surface area contributed by atoms with Crippen LogP contribution in [0.15, 0.2) is 55.6 Å². The average molecular weight is 519 g/mol. The Labute approximate surface area is 218 Å². The van der Waals surface area contributed by atoms with Gasteiger partial charge in [-0.25, -0.2) is 14.4 Å². The first-order valence-electron chi connectivity index (χ1n) is 12.4. The Balaban J connectivity index is 2.27. The van der Waals surface area contributed by atoms with Crippen LogP contribution in [0.1, 0.15) is 32.3 Å². The molecule has 1 aromatic rings. The highest BCUT2D eigenvalue weighted by Gasteiger charge is 2.53. The monoisotopic (exact) mass is 518 g/mol. The molecule has 1 aliphatic rings. The van der Waals surface area contributed by atoms with E-state index in [9.17, 15) is 14.4 Å². The van der Waals surface area contributed by atoms with Crippen LogP contribution in [0, 0.1) is 0 Å². The van der Waals surface area contributed by atoms with E-state index in [-0.39, 0.29) is 26.2 Å². The Bertz CT molecular complexity index is 862. The minimum Gasteiger partial charge on any atom is -0.459 e. The molecule has 1 aromatic carbocycles. The van der Waals surface area contributed by atoms with E-state index in [0.29, 0.717) is 32.7 Å². The van der Waals surface area contributed by atoms with Crippen molar-refractivity contribution in [2.24, 2.45) is 0 Å². The standard InChI is InChI=1S/C27H38N2O8/c1-5-15-34-24(30)27(25(31)35-16-6-2,37-21(4)29-13-17-33-18-14-29)19-23(7-3)28-26(32)36-20-22-11-9-8-10-12-22/h5-6,8-12,21,23H,1-2,7,13-20H2,3-4H3,(H,28,32). The third-order valence-corrected chi connectivity index (χ3v) is 5.82. The van der Waals surface area contributed by atoms with Gasteiger partial charge < -0.3 is 29.0 Å². The molecule has 1 heterocycles. The van der Waals surface area contributed by atoms with Gasteiger partial charge in [0.2, 0.25) is 0 Å². The van der Waals surface area contributed by atoms with Gasteiger partial charge >= 0.3 is 18.0 Å². The molecular formula is C27H38N2O8. The van der Waals surface area contributed by atoms with Crippen molar-refractivity contribution in [2.75, 3.05) is 39.5 Å². The van der Waals surface area contributed by atoms with E-state index < -0.39 is 35.9 Å². The number of nitrogens with zero attached hydrogens (tertiary/aromatic N) is 1. The van der Waals surface area contributed by atoms with Crippen LogP contribution in [0.5, 0.6) is 0 Å². The van der Waals surface area contributed by atoms with Crippen LogP contribution < -0.4 is 5.32 Å². The highest BCUT2D eigenvalue weighted by atomic mass is 16.6. The van der Waals surface area contributed by atoms with E-state index in [2.05, 4.69) is 18.5 Å². The number of nitrogens with one attached hydrogen (secondary N) is 1. The molecule has 204 valence electrons. The van der Waals surface area contributed by atoms with Crippen molar-refractivity contribution in [2.45, 2.75) is 51.2 Å². The van der Waals surface area contributed by atoms with Gasteiger partial charge in [-0.3, -0.25) is 4.90 Å². The Morgan fingerprint density at radius 3 is 2.19 bits per heavy atom. The summed E-state index contributed by atoms with van der Waals surface area (Å²) >= 11 is 0. The number of hydrogen-bond donors (Lipinski definition) is 1. The molecule has 0 aromatic heterocycles. The zero-order valence-electron chi connectivity index (χ0n) is 21.7. The van der Waals surface area contributed by atoms with E-state index in [1.807, 2.05) is 42.2 Å². The maximum absolute atomic E-state index is 13.4. The molecule has 1 N–H and O–H groups in total. The molecule has 0 aliphatic carbocycles. The number of carbonyl (C=O) groups excluding carboxylic acids is 3. The van der Waals surface area contributed by atoms with E-state index in [1.165, 1.54) is 12.2 Å². The van der Waals surface area contributed by atoms with Crippen LogP contribution in [-0.4, -0.2) is 80.3 Å². The molecule has 0 bridgehead atoms. The molecule has 1 amide bonds. The number of carbonyl (C=O) groups is 3. The molecule has 0 saturated carbocycles. The molecule has 2 unspecified atom stereocenters. The number of hydrogen-bond acceptors (Lipinski definition) is 9. The number of amides is 1. The second-order valence-electron chi connectivity index (χ2n) is 8.48. The van der Waals surface area contributed by atoms with Crippen LogP contribution in [0.3, 0.4) is 0 Å². The van der Waals surface area contributed by atoms with Gasteiger partial charge in [-0.1, -0.05) is 62.6 Å². The number of ether oxygens (including phenoxy) is 5. The summed E-state index contributed by atoms with van der Waals surface area (Å²) < 4.78 is 27.5. The summed E-state index contributed by atoms with van der Waals surface area (Å²) in [6, 6.07) is 8.55. The molecule has 10 nitrogen and oxygen atoms in total. The summed E-state index contributed by atoms with van der Waals surface area (Å²) in [5.41, 5.74) is -1.33. The lowest BCUT2D eigenvalue weighted by atomic mass is 9.92. The van der Waals surface area contributed by atoms with E-state index >= 15 is 0 Å². The largest absolute Gasteiger partial charge is 0.459 e. The van der Waals surface area contributed by atoms with Crippen molar-refractivity contribution in [3.8, 4) is 0 Å². The van der Waals surface area contributed by atoms with Gasteiger partial charge in [0.25, 0.3) is 5.60 Å². The number of alkyl carbamates (subject to hydrolysis) is 1. The molecule has 1 fully saturated rings. The fraction of sp³-hybridized carbons (Fsp3) is 0.519. The van der Waals surface area contributed by atoms with Crippen molar-refractivity contribution in [1.29, 1.82) is 0 Å². The van der Waals surface area contributed by atoms with Gasteiger partial charge in [0.15, 0.2) is 0 Å². The summed E-state index contributed by atoms with van der Waals surface area (Å²) in [4.78, 5) is 41.3. The van der Waals surface area contributed by atoms with Gasteiger partial charge in [0, 0.05) is 25.6 Å². The lowest BCUT2D eigenvalue weighted by molar-refractivity contribution is -0.213. The molecule has 1 saturated heterocycles. The minimum absolute atomic E-state index is 0.0710. The molecule has 2 rings (SSSR count). The molecule has 2 atom stereocenters. The van der Waals surface area contributed by atoms with Crippen molar-refractivity contribution in [3.63, 3.8) is 0 Å². The van der Waals surface area contributed by atoms with Gasteiger partial charge in [0.1, 0.15) is 26.0 Å². The van der Waals surface area contributed by atoms with E-state index in [4.69, 9.17) is 23.7 Å². The fourth-order valence-corrected chi connectivity index (χ4v) is 3.78. The SMILES string of the molecule is C=CCOC(=O)C(CC(CC)NC(=O)OCc1ccccc1)(OC(C)N1CCOCC1)C(=O)OCC=C. The Kier molecular flexibility index (Phi) is 12.8. The fourth-order valence-electron chi connectivity index (χ4n) is 3.78. The normalized spacial score (nSPS) is 15.6. The Morgan fingerprint density at radius 2 is 1.65 bits per heavy atom. The van der Waals surface area contributed by atoms with Crippen molar-refractivity contribution < 1.29 is 38.1 Å². The second-order valence-corrected chi connectivity index (χ2v) is 8.48. The first-order valence-corrected chi connectivity index (χ1v) is 12.4. The summed E-state index contributed by atoms with van der Waals surface area (Å²) in [5.74, 6) is -1.86. The number of benzene rings is 1. The topological polar surface area (TPSA) is 113 Å². The molecule has 0 spiro atoms. The molecule has 37 heavy (non-hydrogen) atoms. The number of morpholine rings is 1. The van der Waals surface area contributed by atoms with Crippen LogP contribution in [0.25, 0.3) is 0 Å². The molecule has 10 heteroatoms. The first kappa shape index (κ1) is 30.0. The first-order chi connectivity index (χ1) is 17.9. The highest BCUT2D eigenvalue weighted by Crippen LogP contribution is 2.28. The summed E-state index contributed by atoms with van der Waals surface area (Å²) in [6.07, 6.45) is 1.58. The average Bonchev–Trinajstić information content (AvgIpc) is 2.93. The lowest BCUT2D eigenvalue weighted by Crippen LogP contribution is -2.59. The maximum Gasteiger partial charge on any atom is 0.407 e. The van der Waals surface area contributed by atoms with Gasteiger partial charge in [0.05, 0.1) is 13.2 Å². The molecule has 1 aliphatic heterocycles. The van der Waals surface area contributed by atoms with Crippen LogP contribution in [0.2, 0.25) is 0 Å². The molecular weight excluding hydrogens is 480 g/mol. The predicted molar refractivity (Wildman–Crippen MR) is 136 cm³/mol. The number of rotatable bonds is 15. The maximum atomic E-state index is 13.4. The van der Waals surface area contributed by atoms with Gasteiger partial charge in [-0.15, -0.1) is 0 Å². The third-order valence-electron chi connectivity index (χ3n) is 5.82. The lowest BCUT2D eigenvalue weighted by Gasteiger charge is -2.39. The smallest absolute Gasteiger partial charge is 0.407 e. The van der Waals surface area contributed by atoms with Crippen LogP contribution in [-0.2, 0) is 39.9 Å². The summed E-state index contributed by atoms with van der Waals surface area (Å²) in [5, 5.41) is 2.74. The van der Waals surface area contributed by atoms with E-state index in [1.54, 1.807) is 6.92 Å². The predicted octanol–water partition coefficient (Wildman–Crippen LogP) is 2.97. The Hall–Kier alpha value is -3.21. The van der Waals surface area contributed by atoms with Crippen LogP contribution >= 0.6 is 0 Å². The molecule has 0 radical (unpaired) electrons. The van der Waals surface area contributed by atoms with Gasteiger partial charge in [-0.05, 0) is 18.9 Å². The summed E-state index contributed by atoms with van der Waals surface area (Å²) in [6.45, 7) is 12.6. The third kappa shape index (κ3) is 9.31. The van der Waals surface area contributed by atoms with Crippen molar-refractivity contribution >= 4 is 18.0 Å². The van der Waals surface area contributed by atoms with Crippen molar-refractivity contribution in [1.82, 2.24) is 10.2 Å². The summed E-state index contributed by atoms with van der Waals surface area (Å²) in [7, 11) is 0. The highest BCUT2D eigenvalue weighted by molar-refractivity contribution is 6.04. The van der Waals surface area contributed by atoms with E-state index in [0.717, 1.165) is 5.56 Å². The zero-order chi connectivity index (χ0) is 27.1. The second kappa shape index (κ2) is 15.8. The number of esters is 2. The Morgan fingerprint density at radius 1 is 1.05 bits per heavy atom. The zero-order valence-corrected chi connectivity index (χ0v) is 21.7.